The molecule has 0 aliphatic rings. The minimum atomic E-state index is -0.284. The summed E-state index contributed by atoms with van der Waals surface area (Å²) in [4.78, 5) is 11.9. The van der Waals surface area contributed by atoms with Gasteiger partial charge in [-0.1, -0.05) is 42.0 Å². The zero-order chi connectivity index (χ0) is 14.7. The summed E-state index contributed by atoms with van der Waals surface area (Å²) in [6.45, 7) is 3.57. The number of anilines is 1. The molecule has 0 bridgehead atoms. The Morgan fingerprint density at radius 3 is 2.71 bits per heavy atom. The Morgan fingerprint density at radius 2 is 2.10 bits per heavy atom. The van der Waals surface area contributed by atoms with Gasteiger partial charge in [0, 0.05) is 16.6 Å². The molecule has 0 aliphatic carbocycles. The van der Waals surface area contributed by atoms with Crippen molar-refractivity contribution in [1.82, 2.24) is 10.2 Å². The number of carbonyl (C=O) groups is 1. The van der Waals surface area contributed by atoms with Gasteiger partial charge in [-0.05, 0) is 19.1 Å². The minimum Gasteiger partial charge on any atom is -0.327 e. The van der Waals surface area contributed by atoms with Crippen molar-refractivity contribution in [3.05, 3.63) is 29.3 Å². The summed E-state index contributed by atoms with van der Waals surface area (Å²) in [7, 11) is 0. The highest BCUT2D eigenvalue weighted by atomic mass is 35.5. The van der Waals surface area contributed by atoms with E-state index in [0.29, 0.717) is 15.2 Å². The number of nitrogens with zero attached hydrogens (tertiary/aromatic N) is 2. The maximum absolute atomic E-state index is 11.9. The summed E-state index contributed by atoms with van der Waals surface area (Å²) < 4.78 is 0. The van der Waals surface area contributed by atoms with Gasteiger partial charge < -0.3 is 11.1 Å². The molecule has 1 amide bonds. The van der Waals surface area contributed by atoms with Gasteiger partial charge in [0.15, 0.2) is 0 Å². The van der Waals surface area contributed by atoms with E-state index < -0.39 is 0 Å². The van der Waals surface area contributed by atoms with Crippen molar-refractivity contribution in [2.24, 2.45) is 11.7 Å². The van der Waals surface area contributed by atoms with Crippen LogP contribution >= 0.6 is 35.3 Å². The highest BCUT2D eigenvalue weighted by molar-refractivity contribution is 7.18. The number of carbonyl (C=O) groups excluding carboxylic acids is 1. The molecule has 0 saturated heterocycles. The number of rotatable bonds is 4. The number of nitrogens with one attached hydrogen (secondary N) is 1. The van der Waals surface area contributed by atoms with Gasteiger partial charge in [-0.15, -0.1) is 22.6 Å². The number of nitrogens with two attached hydrogens (primary N) is 1. The lowest BCUT2D eigenvalue weighted by atomic mass is 10.0. The van der Waals surface area contributed by atoms with Gasteiger partial charge >= 0.3 is 0 Å². The second-order valence-electron chi connectivity index (χ2n) is 4.56. The van der Waals surface area contributed by atoms with Gasteiger partial charge in [0.05, 0.1) is 5.92 Å². The number of halogens is 2. The molecule has 1 heterocycles. The smallest absolute Gasteiger partial charge is 0.230 e. The summed E-state index contributed by atoms with van der Waals surface area (Å²) >= 11 is 7.23. The predicted octanol–water partition coefficient (Wildman–Crippen LogP) is 3.20. The van der Waals surface area contributed by atoms with Gasteiger partial charge in [0.1, 0.15) is 5.01 Å². The van der Waals surface area contributed by atoms with Crippen molar-refractivity contribution in [2.75, 3.05) is 5.32 Å². The molecular formula is C13H16Cl2N4OS. The average Bonchev–Trinajstić information content (AvgIpc) is 2.86. The third-order valence-electron chi connectivity index (χ3n) is 2.93. The van der Waals surface area contributed by atoms with Gasteiger partial charge in [-0.3, -0.25) is 4.79 Å². The number of benzene rings is 1. The van der Waals surface area contributed by atoms with E-state index >= 15 is 0 Å². The lowest BCUT2D eigenvalue weighted by molar-refractivity contribution is -0.119. The number of amides is 1. The first kappa shape index (κ1) is 17.8. The van der Waals surface area contributed by atoms with E-state index in [1.807, 2.05) is 12.1 Å². The van der Waals surface area contributed by atoms with Crippen molar-refractivity contribution in [2.45, 2.75) is 19.9 Å². The molecular weight excluding hydrogens is 331 g/mol. The van der Waals surface area contributed by atoms with Gasteiger partial charge in [0.25, 0.3) is 0 Å². The van der Waals surface area contributed by atoms with E-state index in [-0.39, 0.29) is 30.3 Å². The van der Waals surface area contributed by atoms with Crippen LogP contribution in [-0.2, 0) is 4.79 Å². The zero-order valence-corrected chi connectivity index (χ0v) is 13.9. The molecule has 5 nitrogen and oxygen atoms in total. The third kappa shape index (κ3) is 4.64. The first-order valence-corrected chi connectivity index (χ1v) is 7.32. The van der Waals surface area contributed by atoms with Crippen LogP contribution in [0.25, 0.3) is 10.6 Å². The highest BCUT2D eigenvalue weighted by Gasteiger charge is 2.18. The Kier molecular flexibility index (Phi) is 6.54. The van der Waals surface area contributed by atoms with Crippen LogP contribution in [0.15, 0.2) is 24.3 Å². The fourth-order valence-corrected chi connectivity index (χ4v) is 2.40. The second kappa shape index (κ2) is 7.70. The van der Waals surface area contributed by atoms with Crippen LogP contribution < -0.4 is 11.1 Å². The van der Waals surface area contributed by atoms with Gasteiger partial charge in [0.2, 0.25) is 11.0 Å². The molecule has 0 aliphatic heterocycles. The van der Waals surface area contributed by atoms with Crippen LogP contribution in [0.3, 0.4) is 0 Å². The van der Waals surface area contributed by atoms with Crippen LogP contribution in [-0.4, -0.2) is 22.1 Å². The molecule has 3 N–H and O–H groups in total. The maximum atomic E-state index is 11.9. The average molecular weight is 347 g/mol. The molecule has 1 aromatic heterocycles. The summed E-state index contributed by atoms with van der Waals surface area (Å²) in [5.41, 5.74) is 6.57. The lowest BCUT2D eigenvalue weighted by Gasteiger charge is -2.13. The maximum Gasteiger partial charge on any atom is 0.230 e. The number of hydrogen-bond acceptors (Lipinski definition) is 5. The Hall–Kier alpha value is -1.21. The van der Waals surface area contributed by atoms with Crippen LogP contribution in [0.5, 0.6) is 0 Å². The molecule has 2 aromatic rings. The van der Waals surface area contributed by atoms with Crippen molar-refractivity contribution in [1.29, 1.82) is 0 Å². The Morgan fingerprint density at radius 1 is 1.38 bits per heavy atom. The number of aromatic nitrogens is 2. The van der Waals surface area contributed by atoms with Crippen molar-refractivity contribution < 1.29 is 4.79 Å². The first-order chi connectivity index (χ1) is 9.47. The van der Waals surface area contributed by atoms with Crippen LogP contribution in [0.4, 0.5) is 5.13 Å². The molecule has 0 radical (unpaired) electrons. The van der Waals surface area contributed by atoms with Crippen molar-refractivity contribution in [3.63, 3.8) is 0 Å². The normalized spacial score (nSPS) is 13.1. The van der Waals surface area contributed by atoms with Gasteiger partial charge in [-0.25, -0.2) is 0 Å². The van der Waals surface area contributed by atoms with Crippen LogP contribution in [0.2, 0.25) is 5.02 Å². The molecule has 1 aromatic carbocycles. The fourth-order valence-electron chi connectivity index (χ4n) is 1.47. The van der Waals surface area contributed by atoms with Crippen LogP contribution in [0, 0.1) is 5.92 Å². The van der Waals surface area contributed by atoms with E-state index in [1.165, 1.54) is 11.3 Å². The predicted molar refractivity (Wildman–Crippen MR) is 89.0 cm³/mol. The van der Waals surface area contributed by atoms with Gasteiger partial charge in [-0.2, -0.15) is 0 Å². The standard InChI is InChI=1S/C13H15ClN4OS.ClH/c1-7(8(2)15)11(19)16-13-18-17-12(20-13)9-4-3-5-10(14)6-9;/h3-8H,15H2,1-2H3,(H,16,18,19);1H. The minimum absolute atomic E-state index is 0. The molecule has 2 rings (SSSR count). The molecule has 8 heteroatoms. The first-order valence-electron chi connectivity index (χ1n) is 6.13. The Balaban J connectivity index is 0.00000220. The van der Waals surface area contributed by atoms with E-state index in [2.05, 4.69) is 15.5 Å². The Bertz CT molecular complexity index is 618. The van der Waals surface area contributed by atoms with E-state index in [9.17, 15) is 4.79 Å². The lowest BCUT2D eigenvalue weighted by Crippen LogP contribution is -2.34. The second-order valence-corrected chi connectivity index (χ2v) is 5.97. The fraction of sp³-hybridized carbons (Fsp3) is 0.308. The SMILES string of the molecule is CC(N)C(C)C(=O)Nc1nnc(-c2cccc(Cl)c2)s1.Cl. The summed E-state index contributed by atoms with van der Waals surface area (Å²) in [5.74, 6) is -0.442. The molecule has 114 valence electrons. The zero-order valence-electron chi connectivity index (χ0n) is 11.5. The molecule has 0 spiro atoms. The quantitative estimate of drug-likeness (QED) is 0.890. The molecule has 0 fully saturated rings. The van der Waals surface area contributed by atoms with E-state index in [1.54, 1.807) is 26.0 Å². The largest absolute Gasteiger partial charge is 0.327 e. The van der Waals surface area contributed by atoms with E-state index in [0.717, 1.165) is 5.56 Å². The topological polar surface area (TPSA) is 80.9 Å². The molecule has 21 heavy (non-hydrogen) atoms. The summed E-state index contributed by atoms with van der Waals surface area (Å²) in [6.07, 6.45) is 0. The highest BCUT2D eigenvalue weighted by Crippen LogP contribution is 2.28. The third-order valence-corrected chi connectivity index (χ3v) is 4.05. The summed E-state index contributed by atoms with van der Waals surface area (Å²) in [6, 6.07) is 7.12. The van der Waals surface area contributed by atoms with Crippen LogP contribution in [0.1, 0.15) is 13.8 Å². The molecule has 2 unspecified atom stereocenters. The monoisotopic (exact) mass is 346 g/mol. The number of hydrogen-bond donors (Lipinski definition) is 2. The summed E-state index contributed by atoms with van der Waals surface area (Å²) in [5, 5.41) is 12.5. The molecule has 0 saturated carbocycles. The Labute approximate surface area is 138 Å². The molecule has 2 atom stereocenters. The van der Waals surface area contributed by atoms with Crippen molar-refractivity contribution >= 4 is 46.4 Å². The van der Waals surface area contributed by atoms with E-state index in [4.69, 9.17) is 17.3 Å². The van der Waals surface area contributed by atoms with Crippen molar-refractivity contribution in [3.8, 4) is 10.6 Å².